The van der Waals surface area contributed by atoms with E-state index in [0.717, 1.165) is 28.1 Å². The molecule has 0 fully saturated rings. The topological polar surface area (TPSA) is 16.1 Å². The van der Waals surface area contributed by atoms with Crippen molar-refractivity contribution in [3.05, 3.63) is 57.7 Å². The maximum atomic E-state index is 5.91. The van der Waals surface area contributed by atoms with E-state index in [2.05, 4.69) is 37.9 Å². The van der Waals surface area contributed by atoms with Gasteiger partial charge in [0.1, 0.15) is 5.82 Å². The Kier molecular flexibility index (Phi) is 4.83. The highest BCUT2D eigenvalue weighted by Gasteiger charge is 2.07. The van der Waals surface area contributed by atoms with Gasteiger partial charge in [0.2, 0.25) is 0 Å². The molecule has 0 radical (unpaired) electrons. The normalized spacial score (nSPS) is 10.5. The second-order valence-electron chi connectivity index (χ2n) is 4.56. The zero-order chi connectivity index (χ0) is 13.8. The van der Waals surface area contributed by atoms with Crippen LogP contribution in [0.1, 0.15) is 16.8 Å². The minimum absolute atomic E-state index is 0.513. The molecule has 0 N–H and O–H groups in total. The molecule has 0 atom stereocenters. The summed E-state index contributed by atoms with van der Waals surface area (Å²) in [6, 6.07) is 12.3. The molecule has 0 saturated heterocycles. The van der Waals surface area contributed by atoms with E-state index in [-0.39, 0.29) is 0 Å². The van der Waals surface area contributed by atoms with Gasteiger partial charge in [-0.1, -0.05) is 34.1 Å². The van der Waals surface area contributed by atoms with Crippen LogP contribution in [0.4, 0.5) is 5.82 Å². The van der Waals surface area contributed by atoms with Crippen LogP contribution in [0.5, 0.6) is 0 Å². The Morgan fingerprint density at radius 1 is 1.26 bits per heavy atom. The lowest BCUT2D eigenvalue weighted by molar-refractivity contribution is 0.886. The number of pyridine rings is 1. The molecule has 4 heteroatoms. The van der Waals surface area contributed by atoms with Crippen molar-refractivity contribution in [2.75, 3.05) is 11.9 Å². The van der Waals surface area contributed by atoms with Gasteiger partial charge in [-0.2, -0.15) is 0 Å². The van der Waals surface area contributed by atoms with Gasteiger partial charge in [0.05, 0.1) is 0 Å². The van der Waals surface area contributed by atoms with Crippen molar-refractivity contribution < 1.29 is 0 Å². The molecule has 1 aromatic carbocycles. The fourth-order valence-corrected chi connectivity index (χ4v) is 2.52. The van der Waals surface area contributed by atoms with Crippen molar-refractivity contribution in [2.45, 2.75) is 19.3 Å². The van der Waals surface area contributed by atoms with Gasteiger partial charge in [0.25, 0.3) is 0 Å². The Bertz CT molecular complexity index is 572. The van der Waals surface area contributed by atoms with E-state index in [1.54, 1.807) is 0 Å². The molecule has 0 unspecified atom stereocenters. The third-order valence-electron chi connectivity index (χ3n) is 2.91. The van der Waals surface area contributed by atoms with Crippen LogP contribution in [0.25, 0.3) is 0 Å². The van der Waals surface area contributed by atoms with Crippen molar-refractivity contribution in [1.29, 1.82) is 0 Å². The van der Waals surface area contributed by atoms with Crippen molar-refractivity contribution >= 4 is 33.3 Å². The standard InChI is InChI=1S/C15H16BrClN2/c1-11-7-12(9-17)8-15(18-11)19(2)10-13-5-3-4-6-14(13)16/h3-8H,9-10H2,1-2H3. The lowest BCUT2D eigenvalue weighted by Gasteiger charge is -2.20. The van der Waals surface area contributed by atoms with Gasteiger partial charge in [-0.15, -0.1) is 11.6 Å². The van der Waals surface area contributed by atoms with Crippen LogP contribution < -0.4 is 4.90 Å². The molecule has 0 aliphatic heterocycles. The van der Waals surface area contributed by atoms with E-state index >= 15 is 0 Å². The van der Waals surface area contributed by atoms with Crippen LogP contribution in [0, 0.1) is 6.92 Å². The number of aromatic nitrogens is 1. The average molecular weight is 340 g/mol. The maximum absolute atomic E-state index is 5.91. The first kappa shape index (κ1) is 14.4. The van der Waals surface area contributed by atoms with E-state index in [9.17, 15) is 0 Å². The number of alkyl halides is 1. The first-order valence-electron chi connectivity index (χ1n) is 6.08. The second-order valence-corrected chi connectivity index (χ2v) is 5.68. The summed E-state index contributed by atoms with van der Waals surface area (Å²) >= 11 is 9.48. The van der Waals surface area contributed by atoms with Crippen LogP contribution in [0.15, 0.2) is 40.9 Å². The molecule has 0 amide bonds. The minimum Gasteiger partial charge on any atom is -0.355 e. The molecule has 0 aliphatic rings. The molecular formula is C15H16BrClN2. The van der Waals surface area contributed by atoms with Crippen LogP contribution >= 0.6 is 27.5 Å². The highest BCUT2D eigenvalue weighted by Crippen LogP contribution is 2.21. The molecule has 0 spiro atoms. The Morgan fingerprint density at radius 3 is 2.68 bits per heavy atom. The van der Waals surface area contributed by atoms with Crippen LogP contribution in [0.2, 0.25) is 0 Å². The lowest BCUT2D eigenvalue weighted by atomic mass is 10.2. The predicted octanol–water partition coefficient (Wildman–Crippen LogP) is 4.53. The Balaban J connectivity index is 2.22. The Morgan fingerprint density at radius 2 is 2.00 bits per heavy atom. The second kappa shape index (κ2) is 6.40. The highest BCUT2D eigenvalue weighted by atomic mass is 79.9. The predicted molar refractivity (Wildman–Crippen MR) is 84.8 cm³/mol. The molecule has 1 aromatic heterocycles. The number of aryl methyl sites for hydroxylation is 1. The summed E-state index contributed by atoms with van der Waals surface area (Å²) in [5, 5.41) is 0. The number of anilines is 1. The summed E-state index contributed by atoms with van der Waals surface area (Å²) in [4.78, 5) is 6.69. The Hall–Kier alpha value is -1.06. The van der Waals surface area contributed by atoms with Crippen molar-refractivity contribution in [3.8, 4) is 0 Å². The first-order chi connectivity index (χ1) is 9.10. The first-order valence-corrected chi connectivity index (χ1v) is 7.41. The molecule has 2 aromatic rings. The van der Waals surface area contributed by atoms with E-state index in [1.807, 2.05) is 38.2 Å². The van der Waals surface area contributed by atoms with Gasteiger partial charge in [-0.25, -0.2) is 4.98 Å². The van der Waals surface area contributed by atoms with E-state index in [1.165, 1.54) is 5.56 Å². The van der Waals surface area contributed by atoms with Crippen molar-refractivity contribution in [2.24, 2.45) is 0 Å². The number of rotatable bonds is 4. The molecular weight excluding hydrogens is 324 g/mol. The summed E-state index contributed by atoms with van der Waals surface area (Å²) in [6.07, 6.45) is 0. The maximum Gasteiger partial charge on any atom is 0.129 e. The summed E-state index contributed by atoms with van der Waals surface area (Å²) < 4.78 is 1.12. The van der Waals surface area contributed by atoms with Gasteiger partial charge in [-0.3, -0.25) is 0 Å². The van der Waals surface area contributed by atoms with Gasteiger partial charge >= 0.3 is 0 Å². The van der Waals surface area contributed by atoms with Crippen LogP contribution in [0.3, 0.4) is 0 Å². The smallest absolute Gasteiger partial charge is 0.129 e. The lowest BCUT2D eigenvalue weighted by Crippen LogP contribution is -2.18. The van der Waals surface area contributed by atoms with Crippen LogP contribution in [-0.2, 0) is 12.4 Å². The van der Waals surface area contributed by atoms with Gasteiger partial charge in [0.15, 0.2) is 0 Å². The molecule has 100 valence electrons. The number of hydrogen-bond donors (Lipinski definition) is 0. The fourth-order valence-electron chi connectivity index (χ4n) is 1.96. The number of halogens is 2. The molecule has 0 aliphatic carbocycles. The molecule has 19 heavy (non-hydrogen) atoms. The van der Waals surface area contributed by atoms with Gasteiger partial charge in [-0.05, 0) is 36.2 Å². The zero-order valence-corrected chi connectivity index (χ0v) is 13.4. The van der Waals surface area contributed by atoms with E-state index < -0.39 is 0 Å². The van der Waals surface area contributed by atoms with E-state index in [0.29, 0.717) is 5.88 Å². The summed E-state index contributed by atoms with van der Waals surface area (Å²) in [6.45, 7) is 2.80. The van der Waals surface area contributed by atoms with E-state index in [4.69, 9.17) is 11.6 Å². The molecule has 0 saturated carbocycles. The summed E-state index contributed by atoms with van der Waals surface area (Å²) in [7, 11) is 2.04. The largest absolute Gasteiger partial charge is 0.355 e. The highest BCUT2D eigenvalue weighted by molar-refractivity contribution is 9.10. The van der Waals surface area contributed by atoms with Crippen molar-refractivity contribution in [3.63, 3.8) is 0 Å². The number of benzene rings is 1. The molecule has 1 heterocycles. The average Bonchev–Trinajstić information content (AvgIpc) is 2.40. The molecule has 0 bridgehead atoms. The molecule has 2 nitrogen and oxygen atoms in total. The minimum atomic E-state index is 0.513. The van der Waals surface area contributed by atoms with Crippen molar-refractivity contribution in [1.82, 2.24) is 4.98 Å². The van der Waals surface area contributed by atoms with Crippen LogP contribution in [-0.4, -0.2) is 12.0 Å². The molecule has 2 rings (SSSR count). The number of hydrogen-bond acceptors (Lipinski definition) is 2. The summed E-state index contributed by atoms with van der Waals surface area (Å²) in [5.41, 5.74) is 3.33. The third-order valence-corrected chi connectivity index (χ3v) is 3.99. The SMILES string of the molecule is Cc1cc(CCl)cc(N(C)Cc2ccccc2Br)n1. The van der Waals surface area contributed by atoms with Gasteiger partial charge in [0, 0.05) is 29.6 Å². The monoisotopic (exact) mass is 338 g/mol. The zero-order valence-electron chi connectivity index (χ0n) is 11.0. The van der Waals surface area contributed by atoms with Gasteiger partial charge < -0.3 is 4.90 Å². The fraction of sp³-hybridized carbons (Fsp3) is 0.267. The quantitative estimate of drug-likeness (QED) is 0.761. The Labute approximate surface area is 127 Å². The number of nitrogens with zero attached hydrogens (tertiary/aromatic N) is 2. The summed E-state index contributed by atoms with van der Waals surface area (Å²) in [5.74, 6) is 1.46. The third kappa shape index (κ3) is 3.71.